The Bertz CT molecular complexity index is 1270. The molecule has 0 amide bonds. The van der Waals surface area contributed by atoms with Gasteiger partial charge in [-0.25, -0.2) is 4.79 Å². The smallest absolute Gasteiger partial charge is 0.318 e. The lowest BCUT2D eigenvalue weighted by molar-refractivity contribution is -0.140. The summed E-state index contributed by atoms with van der Waals surface area (Å²) in [7, 11) is 0. The fraction of sp³-hybridized carbons (Fsp3) is 0.192. The second-order valence-electron chi connectivity index (χ2n) is 7.98. The molecule has 5 heteroatoms. The predicted molar refractivity (Wildman–Crippen MR) is 121 cm³/mol. The Morgan fingerprint density at radius 1 is 1.03 bits per heavy atom. The van der Waals surface area contributed by atoms with Gasteiger partial charge in [0.25, 0.3) is 0 Å². The summed E-state index contributed by atoms with van der Waals surface area (Å²) in [4.78, 5) is 16.5. The van der Waals surface area contributed by atoms with E-state index in [1.54, 1.807) is 0 Å². The van der Waals surface area contributed by atoms with Gasteiger partial charge in [0.2, 0.25) is 0 Å². The molecule has 0 spiro atoms. The van der Waals surface area contributed by atoms with Crippen molar-refractivity contribution in [2.24, 2.45) is 5.16 Å². The average Bonchev–Trinajstić information content (AvgIpc) is 3.21. The number of nitrogens with zero attached hydrogens (tertiary/aromatic N) is 2. The molecule has 1 aliphatic carbocycles. The van der Waals surface area contributed by atoms with Crippen LogP contribution in [0.25, 0.3) is 10.8 Å². The molecule has 31 heavy (non-hydrogen) atoms. The number of rotatable bonds is 4. The van der Waals surface area contributed by atoms with E-state index < -0.39 is 5.97 Å². The van der Waals surface area contributed by atoms with Gasteiger partial charge in [-0.2, -0.15) is 5.10 Å². The van der Waals surface area contributed by atoms with Gasteiger partial charge >= 0.3 is 5.97 Å². The molecule has 0 fully saturated rings. The van der Waals surface area contributed by atoms with Gasteiger partial charge in [-0.15, -0.1) is 0 Å². The van der Waals surface area contributed by atoms with Gasteiger partial charge in [0.15, 0.2) is 0 Å². The van der Waals surface area contributed by atoms with E-state index in [-0.39, 0.29) is 5.92 Å². The highest BCUT2D eigenvalue weighted by molar-refractivity contribution is 6.04. The number of benzene rings is 3. The summed E-state index contributed by atoms with van der Waals surface area (Å²) in [5.74, 6) is -0.163. The average molecular weight is 409 g/mol. The van der Waals surface area contributed by atoms with Crippen molar-refractivity contribution in [2.75, 3.05) is 0 Å². The van der Waals surface area contributed by atoms with Gasteiger partial charge in [0.05, 0.1) is 11.4 Å². The lowest BCUT2D eigenvalue weighted by atomic mass is 9.80. The highest BCUT2D eigenvalue weighted by Crippen LogP contribution is 2.34. The van der Waals surface area contributed by atoms with E-state index in [1.165, 1.54) is 28.8 Å². The summed E-state index contributed by atoms with van der Waals surface area (Å²) in [6.45, 7) is 1.37. The minimum Gasteiger partial charge on any atom is -0.318 e. The van der Waals surface area contributed by atoms with E-state index in [1.807, 2.05) is 18.2 Å². The fourth-order valence-corrected chi connectivity index (χ4v) is 4.48. The van der Waals surface area contributed by atoms with Gasteiger partial charge < -0.3 is 4.84 Å². The lowest BCUT2D eigenvalue weighted by Crippen LogP contribution is -2.20. The van der Waals surface area contributed by atoms with Crippen LogP contribution in [0, 0.1) is 0 Å². The SMILES string of the molecule is CC(=O)ON=C1CC(c2ccccc2)Cc2[nH]nc(Cc3cccc4ccccc34)c21. The van der Waals surface area contributed by atoms with Crippen LogP contribution in [-0.2, 0) is 22.5 Å². The van der Waals surface area contributed by atoms with Gasteiger partial charge in [-0.3, -0.25) is 5.10 Å². The first-order valence-corrected chi connectivity index (χ1v) is 10.5. The van der Waals surface area contributed by atoms with Crippen LogP contribution in [0.3, 0.4) is 0 Å². The third kappa shape index (κ3) is 3.87. The summed E-state index contributed by atoms with van der Waals surface area (Å²) in [6, 6.07) is 25.1. The molecule has 154 valence electrons. The van der Waals surface area contributed by atoms with Gasteiger partial charge in [0.1, 0.15) is 0 Å². The van der Waals surface area contributed by atoms with Crippen LogP contribution in [0.4, 0.5) is 0 Å². The Balaban J connectivity index is 1.54. The van der Waals surface area contributed by atoms with Crippen molar-refractivity contribution in [1.82, 2.24) is 10.2 Å². The van der Waals surface area contributed by atoms with Crippen LogP contribution in [0.1, 0.15) is 47.3 Å². The summed E-state index contributed by atoms with van der Waals surface area (Å²) in [6.07, 6.45) is 2.23. The van der Waals surface area contributed by atoms with Crippen molar-refractivity contribution in [3.05, 3.63) is 101 Å². The zero-order valence-electron chi connectivity index (χ0n) is 17.3. The third-order valence-corrected chi connectivity index (χ3v) is 5.89. The Hall–Kier alpha value is -3.73. The topological polar surface area (TPSA) is 67.3 Å². The predicted octanol–water partition coefficient (Wildman–Crippen LogP) is 5.15. The number of aromatic amines is 1. The maximum absolute atomic E-state index is 11.5. The normalized spacial score (nSPS) is 16.9. The van der Waals surface area contributed by atoms with E-state index >= 15 is 0 Å². The summed E-state index contributed by atoms with van der Waals surface area (Å²) < 4.78 is 0. The van der Waals surface area contributed by atoms with Gasteiger partial charge in [-0.05, 0) is 34.2 Å². The number of carbonyl (C=O) groups is 1. The molecule has 0 aliphatic heterocycles. The molecule has 1 unspecified atom stereocenters. The fourth-order valence-electron chi connectivity index (χ4n) is 4.48. The maximum Gasteiger partial charge on any atom is 0.331 e. The Labute approximate surface area is 180 Å². The van der Waals surface area contributed by atoms with E-state index in [0.29, 0.717) is 12.8 Å². The molecule has 1 atom stereocenters. The number of aromatic nitrogens is 2. The molecule has 3 aromatic carbocycles. The number of carbonyl (C=O) groups excluding carboxylic acids is 1. The molecule has 5 rings (SSSR count). The van der Waals surface area contributed by atoms with Crippen molar-refractivity contribution in [3.8, 4) is 0 Å². The van der Waals surface area contributed by atoms with Crippen LogP contribution < -0.4 is 0 Å². The summed E-state index contributed by atoms with van der Waals surface area (Å²) in [5, 5.41) is 14.6. The monoisotopic (exact) mass is 409 g/mol. The van der Waals surface area contributed by atoms with Crippen molar-refractivity contribution < 1.29 is 9.63 Å². The van der Waals surface area contributed by atoms with Crippen molar-refractivity contribution in [1.29, 1.82) is 0 Å². The minimum atomic E-state index is -0.421. The first-order valence-electron chi connectivity index (χ1n) is 10.5. The van der Waals surface area contributed by atoms with Crippen molar-refractivity contribution >= 4 is 22.5 Å². The molecule has 5 nitrogen and oxygen atoms in total. The first-order chi connectivity index (χ1) is 15.2. The van der Waals surface area contributed by atoms with E-state index in [9.17, 15) is 4.79 Å². The lowest BCUT2D eigenvalue weighted by Gasteiger charge is -2.24. The number of oxime groups is 1. The largest absolute Gasteiger partial charge is 0.331 e. The number of H-pyrrole nitrogens is 1. The van der Waals surface area contributed by atoms with Crippen molar-refractivity contribution in [2.45, 2.75) is 32.1 Å². The van der Waals surface area contributed by atoms with Crippen LogP contribution in [0.15, 0.2) is 78.0 Å². The zero-order chi connectivity index (χ0) is 21.2. The highest BCUT2D eigenvalue weighted by Gasteiger charge is 2.30. The van der Waals surface area contributed by atoms with E-state index in [4.69, 9.17) is 4.84 Å². The summed E-state index contributed by atoms with van der Waals surface area (Å²) >= 11 is 0. The van der Waals surface area contributed by atoms with Gasteiger partial charge in [0, 0.05) is 31.0 Å². The van der Waals surface area contributed by atoms with Gasteiger partial charge in [-0.1, -0.05) is 78.0 Å². The van der Waals surface area contributed by atoms with E-state index in [2.05, 4.69) is 70.0 Å². The molecule has 0 bridgehead atoms. The summed E-state index contributed by atoms with van der Waals surface area (Å²) in [5.41, 5.74) is 6.19. The molecular formula is C26H23N3O2. The van der Waals surface area contributed by atoms with Crippen LogP contribution in [0.2, 0.25) is 0 Å². The van der Waals surface area contributed by atoms with Crippen molar-refractivity contribution in [3.63, 3.8) is 0 Å². The van der Waals surface area contributed by atoms with Crippen LogP contribution in [-0.4, -0.2) is 21.9 Å². The zero-order valence-corrected chi connectivity index (χ0v) is 17.3. The van der Waals surface area contributed by atoms with Crippen LogP contribution >= 0.6 is 0 Å². The number of fused-ring (bicyclic) bond motifs is 2. The quantitative estimate of drug-likeness (QED) is 0.374. The molecule has 4 aromatic rings. The Morgan fingerprint density at radius 3 is 2.65 bits per heavy atom. The number of nitrogens with one attached hydrogen (secondary N) is 1. The molecular weight excluding hydrogens is 386 g/mol. The molecule has 0 saturated heterocycles. The molecule has 0 saturated carbocycles. The number of hydrogen-bond donors (Lipinski definition) is 1. The standard InChI is InChI=1S/C26H23N3O2/c1-17(30)31-29-25-16-21(18-8-3-2-4-9-18)15-24-26(25)23(27-28-24)14-20-12-7-11-19-10-5-6-13-22(19)20/h2-13,21H,14-16H2,1H3,(H,27,28). The second-order valence-corrected chi connectivity index (χ2v) is 7.98. The molecule has 1 aromatic heterocycles. The van der Waals surface area contributed by atoms with Crippen LogP contribution in [0.5, 0.6) is 0 Å². The third-order valence-electron chi connectivity index (χ3n) is 5.89. The Kier molecular flexibility index (Phi) is 5.08. The number of hydrogen-bond acceptors (Lipinski definition) is 4. The Morgan fingerprint density at radius 2 is 1.81 bits per heavy atom. The second kappa shape index (κ2) is 8.19. The molecule has 0 radical (unpaired) electrons. The minimum absolute atomic E-state index is 0.258. The molecule has 1 aliphatic rings. The molecule has 1 N–H and O–H groups in total. The van der Waals surface area contributed by atoms with E-state index in [0.717, 1.165) is 29.1 Å². The maximum atomic E-state index is 11.5. The highest BCUT2D eigenvalue weighted by atomic mass is 16.7. The first kappa shape index (κ1) is 19.2. The molecule has 1 heterocycles.